The molecule has 0 saturated carbocycles. The molecule has 76 valence electrons. The second-order valence-corrected chi connectivity index (χ2v) is 3.94. The monoisotopic (exact) mass is 183 g/mol. The minimum Gasteiger partial charge on any atom is -0.381 e. The molecule has 0 atom stereocenters. The highest BCUT2D eigenvalue weighted by molar-refractivity contribution is 4.91. The van der Waals surface area contributed by atoms with Crippen molar-refractivity contribution < 1.29 is 4.74 Å². The highest BCUT2D eigenvalue weighted by Gasteiger charge is 2.09. The lowest BCUT2D eigenvalue weighted by atomic mass is 10.00. The van der Waals surface area contributed by atoms with Crippen LogP contribution in [0.15, 0.2) is 12.2 Å². The first-order valence-corrected chi connectivity index (χ1v) is 5.27. The number of ether oxygens (including phenoxy) is 1. The number of rotatable bonds is 4. The van der Waals surface area contributed by atoms with Crippen molar-refractivity contribution in [1.29, 1.82) is 0 Å². The highest BCUT2D eigenvalue weighted by atomic mass is 16.5. The second kappa shape index (κ2) is 6.17. The molecule has 0 aliphatic carbocycles. The maximum absolute atomic E-state index is 5.29. The van der Waals surface area contributed by atoms with Crippen LogP contribution in [0.25, 0.3) is 0 Å². The summed E-state index contributed by atoms with van der Waals surface area (Å²) in [6, 6.07) is 0.583. The predicted octanol–water partition coefficient (Wildman–Crippen LogP) is 1.97. The molecule has 13 heavy (non-hydrogen) atoms. The standard InChI is InChI=1S/C11H21NO/c1-10(2)12-7-3-4-11-5-8-13-9-6-11/h3-4,10-12H,5-9H2,1-2H3. The molecule has 1 N–H and O–H groups in total. The summed E-state index contributed by atoms with van der Waals surface area (Å²) >= 11 is 0. The van der Waals surface area contributed by atoms with Crippen LogP contribution in [0.2, 0.25) is 0 Å². The summed E-state index contributed by atoms with van der Waals surface area (Å²) in [5.41, 5.74) is 0. The van der Waals surface area contributed by atoms with E-state index in [0.29, 0.717) is 6.04 Å². The summed E-state index contributed by atoms with van der Waals surface area (Å²) in [6.45, 7) is 7.21. The molecule has 0 amide bonds. The molecule has 0 spiro atoms. The first-order chi connectivity index (χ1) is 6.29. The molecular formula is C11H21NO. The van der Waals surface area contributed by atoms with Gasteiger partial charge in [-0.05, 0) is 18.8 Å². The van der Waals surface area contributed by atoms with Gasteiger partial charge in [-0.3, -0.25) is 0 Å². The Balaban J connectivity index is 2.07. The van der Waals surface area contributed by atoms with E-state index in [1.54, 1.807) is 0 Å². The Labute approximate surface area is 81.4 Å². The van der Waals surface area contributed by atoms with Crippen molar-refractivity contribution in [2.45, 2.75) is 32.7 Å². The maximum Gasteiger partial charge on any atom is 0.0471 e. The van der Waals surface area contributed by atoms with E-state index in [1.807, 2.05) is 0 Å². The number of hydrogen-bond acceptors (Lipinski definition) is 2. The summed E-state index contributed by atoms with van der Waals surface area (Å²) in [6.07, 6.45) is 6.96. The van der Waals surface area contributed by atoms with Crippen LogP contribution in [0.3, 0.4) is 0 Å². The van der Waals surface area contributed by atoms with Gasteiger partial charge >= 0.3 is 0 Å². The van der Waals surface area contributed by atoms with Gasteiger partial charge in [0.15, 0.2) is 0 Å². The van der Waals surface area contributed by atoms with Crippen LogP contribution in [-0.2, 0) is 4.74 Å². The molecule has 1 heterocycles. The molecule has 0 bridgehead atoms. The second-order valence-electron chi connectivity index (χ2n) is 3.94. The largest absolute Gasteiger partial charge is 0.381 e. The third kappa shape index (κ3) is 5.06. The average Bonchev–Trinajstić information content (AvgIpc) is 2.14. The summed E-state index contributed by atoms with van der Waals surface area (Å²) in [5.74, 6) is 0.753. The molecule has 1 saturated heterocycles. The SMILES string of the molecule is CC(C)NCC=CC1CCOCC1. The molecule has 1 rings (SSSR count). The van der Waals surface area contributed by atoms with E-state index < -0.39 is 0 Å². The van der Waals surface area contributed by atoms with E-state index in [4.69, 9.17) is 4.74 Å². The van der Waals surface area contributed by atoms with Gasteiger partial charge in [0.25, 0.3) is 0 Å². The highest BCUT2D eigenvalue weighted by Crippen LogP contribution is 2.15. The van der Waals surface area contributed by atoms with Crippen molar-refractivity contribution in [2.24, 2.45) is 5.92 Å². The van der Waals surface area contributed by atoms with Crippen molar-refractivity contribution in [1.82, 2.24) is 5.32 Å². The topological polar surface area (TPSA) is 21.3 Å². The Morgan fingerprint density at radius 1 is 1.38 bits per heavy atom. The Morgan fingerprint density at radius 3 is 2.69 bits per heavy atom. The summed E-state index contributed by atoms with van der Waals surface area (Å²) in [4.78, 5) is 0. The van der Waals surface area contributed by atoms with Gasteiger partial charge in [-0.25, -0.2) is 0 Å². The number of nitrogens with one attached hydrogen (secondary N) is 1. The molecule has 2 nitrogen and oxygen atoms in total. The predicted molar refractivity (Wildman–Crippen MR) is 55.8 cm³/mol. The van der Waals surface area contributed by atoms with Crippen molar-refractivity contribution >= 4 is 0 Å². The van der Waals surface area contributed by atoms with Crippen molar-refractivity contribution in [3.05, 3.63) is 12.2 Å². The minimum atomic E-state index is 0.583. The lowest BCUT2D eigenvalue weighted by Crippen LogP contribution is -2.22. The molecule has 0 radical (unpaired) electrons. The fourth-order valence-electron chi connectivity index (χ4n) is 1.47. The van der Waals surface area contributed by atoms with Crippen molar-refractivity contribution in [2.75, 3.05) is 19.8 Å². The van der Waals surface area contributed by atoms with Gasteiger partial charge in [0.1, 0.15) is 0 Å². The fourth-order valence-corrected chi connectivity index (χ4v) is 1.47. The van der Waals surface area contributed by atoms with E-state index in [1.165, 1.54) is 12.8 Å². The Hall–Kier alpha value is -0.340. The quantitative estimate of drug-likeness (QED) is 0.673. The molecule has 1 aliphatic rings. The lowest BCUT2D eigenvalue weighted by Gasteiger charge is -2.18. The fraction of sp³-hybridized carbons (Fsp3) is 0.818. The molecule has 2 heteroatoms. The molecule has 1 aliphatic heterocycles. The van der Waals surface area contributed by atoms with E-state index >= 15 is 0 Å². The van der Waals surface area contributed by atoms with Crippen LogP contribution in [-0.4, -0.2) is 25.8 Å². The first kappa shape index (κ1) is 10.7. The van der Waals surface area contributed by atoms with Crippen molar-refractivity contribution in [3.63, 3.8) is 0 Å². The first-order valence-electron chi connectivity index (χ1n) is 5.27. The maximum atomic E-state index is 5.29. The molecule has 0 aromatic heterocycles. The van der Waals surface area contributed by atoms with E-state index in [0.717, 1.165) is 25.7 Å². The van der Waals surface area contributed by atoms with Gasteiger partial charge in [-0.1, -0.05) is 26.0 Å². The van der Waals surface area contributed by atoms with Crippen molar-refractivity contribution in [3.8, 4) is 0 Å². The van der Waals surface area contributed by atoms with Crippen LogP contribution in [0.4, 0.5) is 0 Å². The van der Waals surface area contributed by atoms with Gasteiger partial charge < -0.3 is 10.1 Å². The van der Waals surface area contributed by atoms with E-state index in [-0.39, 0.29) is 0 Å². The third-order valence-corrected chi connectivity index (χ3v) is 2.32. The minimum absolute atomic E-state index is 0.583. The normalized spacial score (nSPS) is 20.2. The molecule has 0 aromatic carbocycles. The average molecular weight is 183 g/mol. The van der Waals surface area contributed by atoms with E-state index in [2.05, 4.69) is 31.3 Å². The van der Waals surface area contributed by atoms with Gasteiger partial charge in [-0.2, -0.15) is 0 Å². The Morgan fingerprint density at radius 2 is 2.08 bits per heavy atom. The zero-order chi connectivity index (χ0) is 9.52. The van der Waals surface area contributed by atoms with Gasteiger partial charge in [0.2, 0.25) is 0 Å². The number of hydrogen-bond donors (Lipinski definition) is 1. The van der Waals surface area contributed by atoms with Gasteiger partial charge in [-0.15, -0.1) is 0 Å². The zero-order valence-electron chi connectivity index (χ0n) is 8.75. The lowest BCUT2D eigenvalue weighted by molar-refractivity contribution is 0.0785. The van der Waals surface area contributed by atoms with Crippen LogP contribution in [0.5, 0.6) is 0 Å². The Bertz CT molecular complexity index is 148. The van der Waals surface area contributed by atoms with Crippen LogP contribution < -0.4 is 5.32 Å². The van der Waals surface area contributed by atoms with Crippen LogP contribution in [0, 0.1) is 5.92 Å². The zero-order valence-corrected chi connectivity index (χ0v) is 8.75. The van der Waals surface area contributed by atoms with Gasteiger partial charge in [0, 0.05) is 25.8 Å². The summed E-state index contributed by atoms with van der Waals surface area (Å²) in [7, 11) is 0. The molecule has 1 fully saturated rings. The molecule has 0 aromatic rings. The van der Waals surface area contributed by atoms with Crippen LogP contribution >= 0.6 is 0 Å². The molecule has 0 unspecified atom stereocenters. The van der Waals surface area contributed by atoms with Gasteiger partial charge in [0.05, 0.1) is 0 Å². The van der Waals surface area contributed by atoms with Crippen LogP contribution in [0.1, 0.15) is 26.7 Å². The number of allylic oxidation sites excluding steroid dienone is 1. The van der Waals surface area contributed by atoms with E-state index in [9.17, 15) is 0 Å². The smallest absolute Gasteiger partial charge is 0.0471 e. The summed E-state index contributed by atoms with van der Waals surface area (Å²) in [5, 5.41) is 3.37. The molecular weight excluding hydrogens is 162 g/mol. The summed E-state index contributed by atoms with van der Waals surface area (Å²) < 4.78 is 5.29. The Kier molecular flexibility index (Phi) is 5.09. The third-order valence-electron chi connectivity index (χ3n) is 2.32.